The van der Waals surface area contributed by atoms with Crippen molar-refractivity contribution < 1.29 is 4.79 Å². The Kier molecular flexibility index (Phi) is 2.18. The molecule has 0 fully saturated rings. The van der Waals surface area contributed by atoms with Crippen molar-refractivity contribution in [3.8, 4) is 0 Å². The van der Waals surface area contributed by atoms with Gasteiger partial charge in [0.1, 0.15) is 0 Å². The van der Waals surface area contributed by atoms with Gasteiger partial charge in [0.15, 0.2) is 5.78 Å². The zero-order valence-corrected chi connectivity index (χ0v) is 7.92. The molecular formula is C10H11N3O. The quantitative estimate of drug-likeness (QED) is 0.678. The van der Waals surface area contributed by atoms with E-state index in [0.717, 1.165) is 5.69 Å². The maximum Gasteiger partial charge on any atom is 0.198 e. The van der Waals surface area contributed by atoms with Crippen molar-refractivity contribution in [3.63, 3.8) is 0 Å². The van der Waals surface area contributed by atoms with Crippen LogP contribution < -0.4 is 0 Å². The first-order chi connectivity index (χ1) is 6.77. The van der Waals surface area contributed by atoms with Crippen molar-refractivity contribution >= 4 is 5.78 Å². The molecule has 0 N–H and O–H groups in total. The van der Waals surface area contributed by atoms with Gasteiger partial charge in [-0.25, -0.2) is 4.98 Å². The van der Waals surface area contributed by atoms with Crippen molar-refractivity contribution in [2.45, 2.75) is 6.54 Å². The number of Topliss-reactive ketones (excluding diaryl/α,β-unsaturated/α-hetero) is 1. The van der Waals surface area contributed by atoms with E-state index < -0.39 is 0 Å². The van der Waals surface area contributed by atoms with Gasteiger partial charge in [-0.2, -0.15) is 0 Å². The van der Waals surface area contributed by atoms with Crippen LogP contribution >= 0.6 is 0 Å². The van der Waals surface area contributed by atoms with E-state index in [1.54, 1.807) is 23.3 Å². The first kappa shape index (κ1) is 8.74. The number of hydrogen-bond acceptors (Lipinski definition) is 2. The molecule has 0 atom stereocenters. The molecule has 72 valence electrons. The third-order valence-electron chi connectivity index (χ3n) is 2.11. The summed E-state index contributed by atoms with van der Waals surface area (Å²) in [6.45, 7) is 0.345. The van der Waals surface area contributed by atoms with E-state index in [1.807, 2.05) is 29.9 Å². The largest absolute Gasteiger partial charge is 0.348 e. The second kappa shape index (κ2) is 3.49. The molecule has 2 aromatic rings. The molecule has 0 radical (unpaired) electrons. The molecule has 4 heteroatoms. The van der Waals surface area contributed by atoms with Crippen LogP contribution in [0.3, 0.4) is 0 Å². The fourth-order valence-electron chi connectivity index (χ4n) is 1.38. The van der Waals surface area contributed by atoms with Crippen LogP contribution in [0.15, 0.2) is 37.1 Å². The summed E-state index contributed by atoms with van der Waals surface area (Å²) in [7, 11) is 1.86. The lowest BCUT2D eigenvalue weighted by Gasteiger charge is -2.02. The van der Waals surface area contributed by atoms with E-state index >= 15 is 0 Å². The monoisotopic (exact) mass is 189 g/mol. The molecule has 0 aromatic carbocycles. The van der Waals surface area contributed by atoms with E-state index in [1.165, 1.54) is 0 Å². The first-order valence-electron chi connectivity index (χ1n) is 4.37. The van der Waals surface area contributed by atoms with E-state index in [4.69, 9.17) is 0 Å². The smallest absolute Gasteiger partial charge is 0.198 e. The number of carbonyl (C=O) groups excluding carboxylic acids is 1. The summed E-state index contributed by atoms with van der Waals surface area (Å²) in [6.07, 6.45) is 6.95. The molecule has 0 saturated carbocycles. The molecule has 0 spiro atoms. The SMILES string of the molecule is Cn1cccc1C(=O)Cn1ccnc1. The molecule has 4 nitrogen and oxygen atoms in total. The van der Waals surface area contributed by atoms with Gasteiger partial charge in [-0.1, -0.05) is 0 Å². The maximum atomic E-state index is 11.7. The third-order valence-corrected chi connectivity index (χ3v) is 2.11. The Labute approximate surface area is 81.8 Å². The van der Waals surface area contributed by atoms with Crippen molar-refractivity contribution in [2.75, 3.05) is 0 Å². The molecule has 0 aliphatic rings. The van der Waals surface area contributed by atoms with Gasteiger partial charge in [0.2, 0.25) is 0 Å². The van der Waals surface area contributed by atoms with Crippen LogP contribution in [-0.4, -0.2) is 19.9 Å². The summed E-state index contributed by atoms with van der Waals surface area (Å²) in [6, 6.07) is 3.68. The number of carbonyl (C=O) groups is 1. The minimum absolute atomic E-state index is 0.0931. The Morgan fingerprint density at radius 1 is 1.50 bits per heavy atom. The molecule has 0 saturated heterocycles. The van der Waals surface area contributed by atoms with Crippen molar-refractivity contribution in [2.24, 2.45) is 7.05 Å². The Morgan fingerprint density at radius 3 is 2.93 bits per heavy atom. The predicted octanol–water partition coefficient (Wildman–Crippen LogP) is 1.10. The number of aryl methyl sites for hydroxylation is 1. The minimum Gasteiger partial charge on any atom is -0.348 e. The fourth-order valence-corrected chi connectivity index (χ4v) is 1.38. The summed E-state index contributed by atoms with van der Waals surface area (Å²) in [5.74, 6) is 0.0931. The predicted molar refractivity (Wildman–Crippen MR) is 52.0 cm³/mol. The van der Waals surface area contributed by atoms with E-state index in [9.17, 15) is 4.79 Å². The Bertz CT molecular complexity index is 428. The lowest BCUT2D eigenvalue weighted by atomic mass is 10.3. The number of hydrogen-bond donors (Lipinski definition) is 0. The Hall–Kier alpha value is -1.84. The number of rotatable bonds is 3. The van der Waals surface area contributed by atoms with Gasteiger partial charge in [0.05, 0.1) is 18.6 Å². The summed E-state index contributed by atoms with van der Waals surface area (Å²) in [5, 5.41) is 0. The van der Waals surface area contributed by atoms with Gasteiger partial charge >= 0.3 is 0 Å². The zero-order chi connectivity index (χ0) is 9.97. The highest BCUT2D eigenvalue weighted by Crippen LogP contribution is 2.02. The van der Waals surface area contributed by atoms with Crippen molar-refractivity contribution in [1.29, 1.82) is 0 Å². The Morgan fingerprint density at radius 2 is 2.36 bits per heavy atom. The summed E-state index contributed by atoms with van der Waals surface area (Å²) in [4.78, 5) is 15.6. The van der Waals surface area contributed by atoms with E-state index in [0.29, 0.717) is 6.54 Å². The summed E-state index contributed by atoms with van der Waals surface area (Å²) < 4.78 is 3.58. The van der Waals surface area contributed by atoms with E-state index in [2.05, 4.69) is 4.98 Å². The highest BCUT2D eigenvalue weighted by molar-refractivity contribution is 5.94. The molecule has 2 heterocycles. The Balaban J connectivity index is 2.14. The second-order valence-corrected chi connectivity index (χ2v) is 3.16. The van der Waals surface area contributed by atoms with Gasteiger partial charge in [0.25, 0.3) is 0 Å². The van der Waals surface area contributed by atoms with Crippen LogP contribution in [0.5, 0.6) is 0 Å². The topological polar surface area (TPSA) is 39.8 Å². The van der Waals surface area contributed by atoms with Gasteiger partial charge < -0.3 is 9.13 Å². The van der Waals surface area contributed by atoms with Crippen LogP contribution in [0, 0.1) is 0 Å². The first-order valence-corrected chi connectivity index (χ1v) is 4.37. The molecule has 14 heavy (non-hydrogen) atoms. The molecule has 0 amide bonds. The number of aromatic nitrogens is 3. The van der Waals surface area contributed by atoms with Gasteiger partial charge in [-0.15, -0.1) is 0 Å². The minimum atomic E-state index is 0.0931. The van der Waals surface area contributed by atoms with Crippen LogP contribution in [0.4, 0.5) is 0 Å². The van der Waals surface area contributed by atoms with Crippen LogP contribution in [0.25, 0.3) is 0 Å². The fraction of sp³-hybridized carbons (Fsp3) is 0.200. The van der Waals surface area contributed by atoms with Crippen molar-refractivity contribution in [1.82, 2.24) is 14.1 Å². The van der Waals surface area contributed by atoms with Crippen LogP contribution in [0.2, 0.25) is 0 Å². The number of nitrogens with zero attached hydrogens (tertiary/aromatic N) is 3. The van der Waals surface area contributed by atoms with Crippen molar-refractivity contribution in [3.05, 3.63) is 42.7 Å². The van der Waals surface area contributed by atoms with E-state index in [-0.39, 0.29) is 5.78 Å². The zero-order valence-electron chi connectivity index (χ0n) is 7.92. The van der Waals surface area contributed by atoms with Gasteiger partial charge in [-0.05, 0) is 12.1 Å². The second-order valence-electron chi connectivity index (χ2n) is 3.16. The van der Waals surface area contributed by atoms with Gasteiger partial charge in [0, 0.05) is 25.6 Å². The molecule has 2 rings (SSSR count). The average Bonchev–Trinajstić information content (AvgIpc) is 2.75. The summed E-state index contributed by atoms with van der Waals surface area (Å²) in [5.41, 5.74) is 0.721. The van der Waals surface area contributed by atoms with Crippen LogP contribution in [-0.2, 0) is 13.6 Å². The highest BCUT2D eigenvalue weighted by atomic mass is 16.1. The summed E-state index contributed by atoms with van der Waals surface area (Å²) >= 11 is 0. The third kappa shape index (κ3) is 1.59. The molecule has 0 unspecified atom stereocenters. The maximum absolute atomic E-state index is 11.7. The standard InChI is InChI=1S/C10H11N3O/c1-12-5-2-3-9(12)10(14)7-13-6-4-11-8-13/h2-6,8H,7H2,1H3. The average molecular weight is 189 g/mol. The van der Waals surface area contributed by atoms with Crippen LogP contribution in [0.1, 0.15) is 10.5 Å². The van der Waals surface area contributed by atoms with Gasteiger partial charge in [-0.3, -0.25) is 4.79 Å². The molecule has 0 aliphatic carbocycles. The number of ketones is 1. The highest BCUT2D eigenvalue weighted by Gasteiger charge is 2.08. The molecule has 2 aromatic heterocycles. The lowest BCUT2D eigenvalue weighted by Crippen LogP contribution is -2.12. The normalized spacial score (nSPS) is 10.4. The molecule has 0 bridgehead atoms. The lowest BCUT2D eigenvalue weighted by molar-refractivity contribution is 0.0964. The molecule has 0 aliphatic heterocycles. The number of imidazole rings is 1. The molecular weight excluding hydrogens is 178 g/mol.